The van der Waals surface area contributed by atoms with Gasteiger partial charge in [-0.25, -0.2) is 0 Å². The summed E-state index contributed by atoms with van der Waals surface area (Å²) in [5.74, 6) is 3.10. The van der Waals surface area contributed by atoms with E-state index in [1.807, 2.05) is 23.9 Å². The van der Waals surface area contributed by atoms with E-state index in [0.717, 1.165) is 30.1 Å². The van der Waals surface area contributed by atoms with Crippen molar-refractivity contribution in [1.82, 2.24) is 5.32 Å². The van der Waals surface area contributed by atoms with Crippen molar-refractivity contribution in [3.63, 3.8) is 0 Å². The number of aliphatic hydroxyl groups excluding tert-OH is 1. The van der Waals surface area contributed by atoms with Crippen LogP contribution in [-0.2, 0) is 5.75 Å². The van der Waals surface area contributed by atoms with Crippen molar-refractivity contribution in [2.75, 3.05) is 12.4 Å². The highest BCUT2D eigenvalue weighted by Gasteiger charge is 2.31. The van der Waals surface area contributed by atoms with E-state index in [4.69, 9.17) is 4.42 Å². The number of hydrogen-bond acceptors (Lipinski definition) is 4. The maximum absolute atomic E-state index is 9.48. The maximum Gasteiger partial charge on any atom is 0.113 e. The summed E-state index contributed by atoms with van der Waals surface area (Å²) in [5, 5.41) is 13.0. The molecule has 102 valence electrons. The summed E-state index contributed by atoms with van der Waals surface area (Å²) in [6.45, 7) is 2.36. The molecule has 0 saturated heterocycles. The van der Waals surface area contributed by atoms with Crippen LogP contribution < -0.4 is 5.32 Å². The van der Waals surface area contributed by atoms with Crippen molar-refractivity contribution in [1.29, 1.82) is 0 Å². The summed E-state index contributed by atoms with van der Waals surface area (Å²) >= 11 is 1.89. The van der Waals surface area contributed by atoms with Crippen LogP contribution in [0.3, 0.4) is 0 Å². The first-order valence-corrected chi connectivity index (χ1v) is 7.86. The van der Waals surface area contributed by atoms with Crippen molar-refractivity contribution < 1.29 is 9.52 Å². The van der Waals surface area contributed by atoms with Gasteiger partial charge in [0.15, 0.2) is 0 Å². The van der Waals surface area contributed by atoms with Gasteiger partial charge < -0.3 is 14.8 Å². The number of hydrogen-bond donors (Lipinski definition) is 2. The molecule has 3 nitrogen and oxygen atoms in total. The molecule has 1 fully saturated rings. The highest BCUT2D eigenvalue weighted by atomic mass is 32.2. The molecule has 0 aromatic carbocycles. The van der Waals surface area contributed by atoms with E-state index in [2.05, 4.69) is 12.2 Å². The second-order valence-corrected chi connectivity index (χ2v) is 6.48. The van der Waals surface area contributed by atoms with Gasteiger partial charge in [-0.15, -0.1) is 0 Å². The van der Waals surface area contributed by atoms with Crippen LogP contribution in [0.15, 0.2) is 22.8 Å². The summed E-state index contributed by atoms with van der Waals surface area (Å²) in [5.41, 5.74) is -0.0909. The lowest BCUT2D eigenvalue weighted by Gasteiger charge is -2.29. The van der Waals surface area contributed by atoms with Crippen LogP contribution in [0.4, 0.5) is 0 Å². The van der Waals surface area contributed by atoms with Crippen LogP contribution >= 0.6 is 11.8 Å². The normalized spacial score (nSPS) is 18.8. The zero-order chi connectivity index (χ0) is 12.8. The monoisotopic (exact) mass is 269 g/mol. The Morgan fingerprint density at radius 2 is 2.39 bits per heavy atom. The number of aliphatic hydroxyl groups is 1. The Hall–Kier alpha value is -0.450. The Balaban J connectivity index is 1.58. The minimum atomic E-state index is -0.0909. The molecule has 1 unspecified atom stereocenters. The molecule has 1 aromatic rings. The molecule has 0 spiro atoms. The molecule has 2 rings (SSSR count). The summed E-state index contributed by atoms with van der Waals surface area (Å²) in [6, 6.07) is 4.59. The zero-order valence-corrected chi connectivity index (χ0v) is 11.8. The van der Waals surface area contributed by atoms with Crippen LogP contribution in [0.25, 0.3) is 0 Å². The van der Waals surface area contributed by atoms with Gasteiger partial charge in [0.2, 0.25) is 0 Å². The Labute approximate surface area is 113 Å². The molecule has 0 aliphatic heterocycles. The molecule has 1 heterocycles. The topological polar surface area (TPSA) is 45.4 Å². The Bertz CT molecular complexity index is 338. The lowest BCUT2D eigenvalue weighted by molar-refractivity contribution is 0.163. The van der Waals surface area contributed by atoms with E-state index >= 15 is 0 Å². The quantitative estimate of drug-likeness (QED) is 0.677. The predicted molar refractivity (Wildman–Crippen MR) is 75.8 cm³/mol. The van der Waals surface area contributed by atoms with Crippen LogP contribution in [-0.4, -0.2) is 29.0 Å². The number of nitrogens with one attached hydrogen (secondary N) is 1. The van der Waals surface area contributed by atoms with Crippen LogP contribution in [0.1, 0.15) is 38.4 Å². The van der Waals surface area contributed by atoms with Crippen molar-refractivity contribution in [3.8, 4) is 0 Å². The van der Waals surface area contributed by atoms with E-state index in [0.29, 0.717) is 6.04 Å². The number of rotatable bonds is 9. The SMILES string of the molecule is CC(CO)(CCCSCc1ccco1)NC1CC1. The fraction of sp³-hybridized carbons (Fsp3) is 0.714. The van der Waals surface area contributed by atoms with Crippen LogP contribution in [0.2, 0.25) is 0 Å². The van der Waals surface area contributed by atoms with Gasteiger partial charge in [0.1, 0.15) is 5.76 Å². The van der Waals surface area contributed by atoms with Gasteiger partial charge in [-0.05, 0) is 50.5 Å². The van der Waals surface area contributed by atoms with Crippen molar-refractivity contribution >= 4 is 11.8 Å². The Morgan fingerprint density at radius 3 is 3.00 bits per heavy atom. The zero-order valence-electron chi connectivity index (χ0n) is 11.0. The van der Waals surface area contributed by atoms with Gasteiger partial charge in [-0.3, -0.25) is 0 Å². The van der Waals surface area contributed by atoms with E-state index < -0.39 is 0 Å². The minimum Gasteiger partial charge on any atom is -0.468 e. The third kappa shape index (κ3) is 4.67. The summed E-state index contributed by atoms with van der Waals surface area (Å²) in [7, 11) is 0. The molecule has 1 aliphatic carbocycles. The molecule has 0 amide bonds. The molecule has 0 radical (unpaired) electrons. The Kier molecular flexibility index (Phi) is 5.15. The average molecular weight is 269 g/mol. The van der Waals surface area contributed by atoms with E-state index in [9.17, 15) is 5.11 Å². The predicted octanol–water partition coefficient (Wildman–Crippen LogP) is 2.80. The summed E-state index contributed by atoms with van der Waals surface area (Å²) < 4.78 is 5.29. The van der Waals surface area contributed by atoms with Gasteiger partial charge in [0.05, 0.1) is 18.6 Å². The maximum atomic E-state index is 9.48. The third-order valence-corrected chi connectivity index (χ3v) is 4.39. The van der Waals surface area contributed by atoms with Gasteiger partial charge in [-0.1, -0.05) is 0 Å². The number of thioether (sulfide) groups is 1. The molecular weight excluding hydrogens is 246 g/mol. The van der Waals surface area contributed by atoms with Gasteiger partial charge in [0.25, 0.3) is 0 Å². The van der Waals surface area contributed by atoms with Crippen LogP contribution in [0.5, 0.6) is 0 Å². The fourth-order valence-electron chi connectivity index (χ4n) is 2.05. The van der Waals surface area contributed by atoms with E-state index in [1.54, 1.807) is 6.26 Å². The smallest absolute Gasteiger partial charge is 0.113 e. The van der Waals surface area contributed by atoms with Crippen molar-refractivity contribution in [2.45, 2.75) is 49.9 Å². The highest BCUT2D eigenvalue weighted by molar-refractivity contribution is 7.98. The molecular formula is C14H23NO2S. The van der Waals surface area contributed by atoms with Gasteiger partial charge in [0, 0.05) is 11.6 Å². The van der Waals surface area contributed by atoms with Crippen molar-refractivity contribution in [2.24, 2.45) is 0 Å². The third-order valence-electron chi connectivity index (χ3n) is 3.32. The highest BCUT2D eigenvalue weighted by Crippen LogP contribution is 2.25. The minimum absolute atomic E-state index is 0.0909. The Morgan fingerprint density at radius 1 is 1.56 bits per heavy atom. The molecule has 1 atom stereocenters. The summed E-state index contributed by atoms with van der Waals surface area (Å²) in [4.78, 5) is 0. The van der Waals surface area contributed by atoms with Crippen molar-refractivity contribution in [3.05, 3.63) is 24.2 Å². The van der Waals surface area contributed by atoms with E-state index in [-0.39, 0.29) is 12.1 Å². The molecule has 18 heavy (non-hydrogen) atoms. The standard InChI is InChI=1S/C14H23NO2S/c1-14(11-16,15-12-5-6-12)7-3-9-18-10-13-4-2-8-17-13/h2,4,8,12,15-16H,3,5-7,9-11H2,1H3. The first-order valence-electron chi connectivity index (χ1n) is 6.70. The lowest BCUT2D eigenvalue weighted by Crippen LogP contribution is -2.46. The number of furan rings is 1. The first-order chi connectivity index (χ1) is 8.72. The molecule has 1 aliphatic rings. The first kappa shape index (κ1) is 14.0. The second-order valence-electron chi connectivity index (χ2n) is 5.37. The summed E-state index contributed by atoms with van der Waals surface area (Å²) in [6.07, 6.45) is 6.41. The fourth-order valence-corrected chi connectivity index (χ4v) is 2.91. The van der Waals surface area contributed by atoms with Gasteiger partial charge >= 0.3 is 0 Å². The lowest BCUT2D eigenvalue weighted by atomic mass is 9.97. The molecule has 2 N–H and O–H groups in total. The molecule has 1 aromatic heterocycles. The largest absolute Gasteiger partial charge is 0.468 e. The van der Waals surface area contributed by atoms with Crippen LogP contribution in [0, 0.1) is 0 Å². The molecule has 4 heteroatoms. The second kappa shape index (κ2) is 6.64. The van der Waals surface area contributed by atoms with E-state index in [1.165, 1.54) is 12.8 Å². The molecule has 1 saturated carbocycles. The van der Waals surface area contributed by atoms with Gasteiger partial charge in [-0.2, -0.15) is 11.8 Å². The average Bonchev–Trinajstić information content (AvgIpc) is 3.01. The molecule has 0 bridgehead atoms.